The summed E-state index contributed by atoms with van der Waals surface area (Å²) in [5.41, 5.74) is 0. The van der Waals surface area contributed by atoms with E-state index in [4.69, 9.17) is 0 Å². The molecule has 0 fully saturated rings. The minimum Gasteiger partial charge on any atom is -0.779 e. The van der Waals surface area contributed by atoms with Crippen molar-refractivity contribution in [2.75, 3.05) is 13.3 Å². The summed E-state index contributed by atoms with van der Waals surface area (Å²) in [6, 6.07) is 0. The van der Waals surface area contributed by atoms with Crippen molar-refractivity contribution in [2.24, 2.45) is 0 Å². The molecular formula is C3H8KO3P. The second kappa shape index (κ2) is 5.56. The molecule has 0 saturated heterocycles. The van der Waals surface area contributed by atoms with Crippen LogP contribution in [-0.4, -0.2) is 13.3 Å². The molecule has 0 aliphatic carbocycles. The Kier molecular flexibility index (Phi) is 8.66. The largest absolute Gasteiger partial charge is 1.00 e. The van der Waals surface area contributed by atoms with Crippen molar-refractivity contribution in [1.82, 2.24) is 0 Å². The molecule has 0 N–H and O–H groups in total. The van der Waals surface area contributed by atoms with E-state index >= 15 is 0 Å². The van der Waals surface area contributed by atoms with Gasteiger partial charge in [-0.1, -0.05) is 6.92 Å². The molecule has 0 spiro atoms. The van der Waals surface area contributed by atoms with Crippen LogP contribution in [0.4, 0.5) is 0 Å². The van der Waals surface area contributed by atoms with Crippen molar-refractivity contribution in [2.45, 2.75) is 6.92 Å². The third-order valence-corrected chi connectivity index (χ3v) is 2.00. The van der Waals surface area contributed by atoms with Crippen molar-refractivity contribution < 1.29 is 65.4 Å². The molecule has 0 saturated carbocycles. The summed E-state index contributed by atoms with van der Waals surface area (Å²) >= 11 is 0. The molecule has 0 heterocycles. The molecule has 0 bridgehead atoms. The standard InChI is InChI=1S/C3H9O3P.K/c1-3-7(4,5)6-2;/h3H2,1-2H3,(H,4,5);/q;+1/p-1. The van der Waals surface area contributed by atoms with Crippen LogP contribution in [0.3, 0.4) is 0 Å². The van der Waals surface area contributed by atoms with Crippen LogP contribution in [0, 0.1) is 0 Å². The van der Waals surface area contributed by atoms with Gasteiger partial charge in [0.05, 0.1) is 0 Å². The topological polar surface area (TPSA) is 49.4 Å². The quantitative estimate of drug-likeness (QED) is 0.326. The zero-order valence-electron chi connectivity index (χ0n) is 5.38. The van der Waals surface area contributed by atoms with E-state index in [1.165, 1.54) is 6.92 Å². The Balaban J connectivity index is 0. The summed E-state index contributed by atoms with van der Waals surface area (Å²) < 4.78 is 14.3. The monoisotopic (exact) mass is 162 g/mol. The maximum Gasteiger partial charge on any atom is 1.00 e. The Bertz CT molecular complexity index is 86.5. The molecule has 0 radical (unpaired) electrons. The Labute approximate surface area is 91.8 Å². The fourth-order valence-electron chi connectivity index (χ4n) is 0.129. The molecule has 0 rings (SSSR count). The van der Waals surface area contributed by atoms with Gasteiger partial charge in [-0.05, 0) is 0 Å². The normalized spacial score (nSPS) is 16.4. The predicted molar refractivity (Wildman–Crippen MR) is 25.2 cm³/mol. The summed E-state index contributed by atoms with van der Waals surface area (Å²) in [6.07, 6.45) is 0.0729. The van der Waals surface area contributed by atoms with Crippen LogP contribution in [0.5, 0.6) is 0 Å². The molecule has 0 aromatic carbocycles. The molecular weight excluding hydrogens is 154 g/mol. The third kappa shape index (κ3) is 5.91. The maximum atomic E-state index is 10.2. The summed E-state index contributed by atoms with van der Waals surface area (Å²) in [7, 11) is -2.24. The van der Waals surface area contributed by atoms with Gasteiger partial charge >= 0.3 is 51.4 Å². The first kappa shape index (κ1) is 12.5. The predicted octanol–water partition coefficient (Wildman–Crippen LogP) is -2.79. The molecule has 1 atom stereocenters. The van der Waals surface area contributed by atoms with E-state index in [-0.39, 0.29) is 57.5 Å². The minimum absolute atomic E-state index is 0. The van der Waals surface area contributed by atoms with Crippen LogP contribution >= 0.6 is 7.60 Å². The molecule has 5 heteroatoms. The number of rotatable bonds is 2. The van der Waals surface area contributed by atoms with Gasteiger partial charge in [0.1, 0.15) is 7.60 Å². The molecule has 44 valence electrons. The van der Waals surface area contributed by atoms with Gasteiger partial charge in [0.15, 0.2) is 0 Å². The van der Waals surface area contributed by atoms with E-state index in [0.29, 0.717) is 0 Å². The fraction of sp³-hybridized carbons (Fsp3) is 1.00. The summed E-state index contributed by atoms with van der Waals surface area (Å²) in [6.45, 7) is 1.54. The second-order valence-corrected chi connectivity index (χ2v) is 3.33. The minimum atomic E-state index is -3.40. The Hall–Kier alpha value is 1.79. The first-order valence-corrected chi connectivity index (χ1v) is 3.71. The average molecular weight is 162 g/mol. The van der Waals surface area contributed by atoms with Crippen molar-refractivity contribution >= 4 is 7.60 Å². The molecule has 8 heavy (non-hydrogen) atoms. The van der Waals surface area contributed by atoms with Gasteiger partial charge in [0.25, 0.3) is 0 Å². The van der Waals surface area contributed by atoms with Crippen LogP contribution in [-0.2, 0) is 9.09 Å². The SMILES string of the molecule is CCP(=O)([O-])OC.[K+]. The first-order valence-electron chi connectivity index (χ1n) is 1.98. The average Bonchev–Trinajstić information content (AvgIpc) is 1.68. The van der Waals surface area contributed by atoms with Crippen LogP contribution < -0.4 is 56.3 Å². The second-order valence-electron chi connectivity index (χ2n) is 1.11. The van der Waals surface area contributed by atoms with Gasteiger partial charge in [-0.2, -0.15) is 0 Å². The number of hydrogen-bond acceptors (Lipinski definition) is 3. The molecule has 0 amide bonds. The first-order chi connectivity index (χ1) is 3.12. The van der Waals surface area contributed by atoms with E-state index in [1.807, 2.05) is 0 Å². The Morgan fingerprint density at radius 3 is 2.12 bits per heavy atom. The zero-order valence-corrected chi connectivity index (χ0v) is 9.40. The van der Waals surface area contributed by atoms with Crippen molar-refractivity contribution in [3.63, 3.8) is 0 Å². The van der Waals surface area contributed by atoms with Crippen molar-refractivity contribution in [3.05, 3.63) is 0 Å². The van der Waals surface area contributed by atoms with E-state index in [2.05, 4.69) is 4.52 Å². The van der Waals surface area contributed by atoms with E-state index < -0.39 is 7.60 Å². The van der Waals surface area contributed by atoms with Gasteiger partial charge in [-0.25, -0.2) is 0 Å². The molecule has 0 aliphatic rings. The van der Waals surface area contributed by atoms with Gasteiger partial charge in [0.2, 0.25) is 0 Å². The van der Waals surface area contributed by atoms with Crippen molar-refractivity contribution in [1.29, 1.82) is 0 Å². The van der Waals surface area contributed by atoms with E-state index in [0.717, 1.165) is 7.11 Å². The smallest absolute Gasteiger partial charge is 0.779 e. The van der Waals surface area contributed by atoms with Crippen LogP contribution in [0.1, 0.15) is 6.92 Å². The van der Waals surface area contributed by atoms with Gasteiger partial charge in [-0.3, -0.25) is 0 Å². The van der Waals surface area contributed by atoms with E-state index in [1.54, 1.807) is 0 Å². The molecule has 1 unspecified atom stereocenters. The third-order valence-electron chi connectivity index (χ3n) is 0.665. The molecule has 0 aliphatic heterocycles. The van der Waals surface area contributed by atoms with Gasteiger partial charge in [0, 0.05) is 13.3 Å². The molecule has 0 aromatic rings. The van der Waals surface area contributed by atoms with Gasteiger partial charge < -0.3 is 14.0 Å². The zero-order chi connectivity index (χ0) is 5.91. The Morgan fingerprint density at radius 1 is 1.75 bits per heavy atom. The maximum absolute atomic E-state index is 10.2. The molecule has 0 aromatic heterocycles. The number of hydrogen-bond donors (Lipinski definition) is 0. The van der Waals surface area contributed by atoms with Crippen LogP contribution in [0.25, 0.3) is 0 Å². The van der Waals surface area contributed by atoms with Gasteiger partial charge in [-0.15, -0.1) is 0 Å². The fourth-order valence-corrected chi connectivity index (χ4v) is 0.387. The van der Waals surface area contributed by atoms with Crippen LogP contribution in [0.15, 0.2) is 0 Å². The van der Waals surface area contributed by atoms with Crippen molar-refractivity contribution in [3.8, 4) is 0 Å². The van der Waals surface area contributed by atoms with E-state index in [9.17, 15) is 9.46 Å². The van der Waals surface area contributed by atoms with Crippen LogP contribution in [0.2, 0.25) is 0 Å². The Morgan fingerprint density at radius 2 is 2.12 bits per heavy atom. The summed E-state index contributed by atoms with van der Waals surface area (Å²) in [5, 5.41) is 0. The summed E-state index contributed by atoms with van der Waals surface area (Å²) in [4.78, 5) is 10.2. The molecule has 3 nitrogen and oxygen atoms in total. The summed E-state index contributed by atoms with van der Waals surface area (Å²) in [5.74, 6) is 0.